The highest BCUT2D eigenvalue weighted by atomic mass is 35.5. The first kappa shape index (κ1) is 33.1. The molecule has 3 rings (SSSR count). The summed E-state index contributed by atoms with van der Waals surface area (Å²) in [4.78, 5) is 15.2. The molecule has 0 saturated carbocycles. The van der Waals surface area contributed by atoms with E-state index in [2.05, 4.69) is 4.90 Å². The van der Waals surface area contributed by atoms with Crippen molar-refractivity contribution >= 4 is 37.6 Å². The molecule has 2 aromatic rings. The number of nitrogens with one attached hydrogen (secondary N) is 1. The average molecular weight is 640 g/mol. The van der Waals surface area contributed by atoms with Crippen molar-refractivity contribution in [1.82, 2.24) is 23.9 Å². The second kappa shape index (κ2) is 14.2. The van der Waals surface area contributed by atoms with Crippen LogP contribution >= 0.6 is 11.6 Å². The fraction of sp³-hybridized carbons (Fsp3) is 0.458. The molecule has 1 heterocycles. The monoisotopic (exact) mass is 639 g/mol. The Morgan fingerprint density at radius 2 is 1.63 bits per heavy atom. The number of benzene rings is 2. The van der Waals surface area contributed by atoms with Gasteiger partial charge in [-0.25, -0.2) is 35.4 Å². The molecule has 0 aromatic heterocycles. The zero-order valence-corrected chi connectivity index (χ0v) is 24.9. The predicted octanol–water partition coefficient (Wildman–Crippen LogP) is 1.42. The molecule has 1 saturated heterocycles. The summed E-state index contributed by atoms with van der Waals surface area (Å²) in [6.07, 6.45) is 0. The van der Waals surface area contributed by atoms with Crippen molar-refractivity contribution in [2.45, 2.75) is 4.90 Å². The Hall–Kier alpha value is -2.44. The molecule has 41 heavy (non-hydrogen) atoms. The molecule has 1 aliphatic rings. The van der Waals surface area contributed by atoms with Crippen LogP contribution in [0.4, 0.5) is 8.78 Å². The maximum absolute atomic E-state index is 14.8. The standard InChI is InChI=1S/C24H32ClF2N5O7S2/c1-29-7-10-31(11-8-29)13-14-40(35,36)30(2)9-12-32(17-23(33)28-34)41(37,38)20-15-21(26)24(22(27)16-20)39-19-5-3-18(25)4-6-19/h3-6,15-16,34H,7-14,17H2,1-2H3,(H,28,33). The van der Waals surface area contributed by atoms with Crippen LogP contribution in [0.5, 0.6) is 11.5 Å². The third kappa shape index (κ3) is 9.02. The lowest BCUT2D eigenvalue weighted by Gasteiger charge is -2.32. The molecule has 1 aliphatic heterocycles. The highest BCUT2D eigenvalue weighted by Crippen LogP contribution is 2.31. The van der Waals surface area contributed by atoms with Crippen LogP contribution in [0.25, 0.3) is 0 Å². The first-order valence-electron chi connectivity index (χ1n) is 12.4. The van der Waals surface area contributed by atoms with Gasteiger partial charge in [-0.3, -0.25) is 14.9 Å². The Kier molecular flexibility index (Phi) is 11.4. The number of carbonyl (C=O) groups is 1. The van der Waals surface area contributed by atoms with Gasteiger partial charge in [0.25, 0.3) is 5.91 Å². The van der Waals surface area contributed by atoms with Gasteiger partial charge in [-0.1, -0.05) is 11.6 Å². The number of halogens is 3. The van der Waals surface area contributed by atoms with Gasteiger partial charge in [-0.05, 0) is 43.4 Å². The normalized spacial score (nSPS) is 15.4. The van der Waals surface area contributed by atoms with E-state index < -0.39 is 61.3 Å². The zero-order chi connectivity index (χ0) is 30.4. The fourth-order valence-corrected chi connectivity index (χ4v) is 6.59. The maximum atomic E-state index is 14.8. The Bertz CT molecular complexity index is 1400. The molecule has 1 fully saturated rings. The van der Waals surface area contributed by atoms with Gasteiger partial charge in [0.1, 0.15) is 5.75 Å². The number of hydrogen-bond donors (Lipinski definition) is 2. The number of hydroxylamine groups is 1. The highest BCUT2D eigenvalue weighted by molar-refractivity contribution is 7.89. The molecular formula is C24H32ClF2N5O7S2. The fourth-order valence-electron chi connectivity index (χ4n) is 3.90. The number of rotatable bonds is 13. The minimum absolute atomic E-state index is 0.0425. The molecule has 0 aliphatic carbocycles. The van der Waals surface area contributed by atoms with Crippen molar-refractivity contribution in [3.8, 4) is 11.5 Å². The largest absolute Gasteiger partial charge is 0.451 e. The van der Waals surface area contributed by atoms with Gasteiger partial charge in [-0.2, -0.15) is 4.31 Å². The average Bonchev–Trinajstić information content (AvgIpc) is 2.93. The molecule has 228 valence electrons. The van der Waals surface area contributed by atoms with Crippen molar-refractivity contribution in [2.75, 3.05) is 72.2 Å². The van der Waals surface area contributed by atoms with Crippen LogP contribution in [-0.4, -0.2) is 119 Å². The van der Waals surface area contributed by atoms with E-state index in [1.165, 1.54) is 36.8 Å². The van der Waals surface area contributed by atoms with Crippen LogP contribution in [0.2, 0.25) is 5.02 Å². The first-order chi connectivity index (χ1) is 19.2. The van der Waals surface area contributed by atoms with E-state index >= 15 is 0 Å². The van der Waals surface area contributed by atoms with E-state index in [0.29, 0.717) is 41.1 Å². The van der Waals surface area contributed by atoms with Crippen LogP contribution in [-0.2, 0) is 24.8 Å². The Balaban J connectivity index is 1.75. The molecule has 2 N–H and O–H groups in total. The number of amides is 1. The highest BCUT2D eigenvalue weighted by Gasteiger charge is 2.31. The lowest BCUT2D eigenvalue weighted by atomic mass is 10.3. The second-order valence-corrected chi connectivity index (χ2v) is 14.0. The summed E-state index contributed by atoms with van der Waals surface area (Å²) in [6.45, 7) is 1.48. The SMILES string of the molecule is CN1CCN(CCS(=O)(=O)N(C)CCN(CC(=O)NO)S(=O)(=O)c2cc(F)c(Oc3ccc(Cl)cc3)c(F)c2)CC1. The summed E-state index contributed by atoms with van der Waals surface area (Å²) in [7, 11) is -5.31. The minimum atomic E-state index is -4.75. The van der Waals surface area contributed by atoms with Crippen molar-refractivity contribution < 1.29 is 40.4 Å². The van der Waals surface area contributed by atoms with Gasteiger partial charge >= 0.3 is 0 Å². The first-order valence-corrected chi connectivity index (χ1v) is 15.9. The number of hydrogen-bond acceptors (Lipinski definition) is 9. The Morgan fingerprint density at radius 1 is 1.05 bits per heavy atom. The van der Waals surface area contributed by atoms with Crippen LogP contribution < -0.4 is 10.2 Å². The third-order valence-corrected chi connectivity index (χ3v) is 10.4. The number of piperazine rings is 1. The van der Waals surface area contributed by atoms with Gasteiger partial charge in [0.05, 0.1) is 17.2 Å². The quantitative estimate of drug-likeness (QED) is 0.246. The van der Waals surface area contributed by atoms with Crippen LogP contribution in [0.3, 0.4) is 0 Å². The lowest BCUT2D eigenvalue weighted by molar-refractivity contribution is -0.129. The van der Waals surface area contributed by atoms with Gasteiger partial charge < -0.3 is 9.64 Å². The van der Waals surface area contributed by atoms with Gasteiger partial charge in [-0.15, -0.1) is 0 Å². The third-order valence-electron chi connectivity index (χ3n) is 6.49. The maximum Gasteiger partial charge on any atom is 0.258 e. The summed E-state index contributed by atoms with van der Waals surface area (Å²) in [5.74, 6) is -4.85. The molecule has 2 aromatic carbocycles. The lowest BCUT2D eigenvalue weighted by Crippen LogP contribution is -2.47. The number of carbonyl (C=O) groups excluding carboxylic acids is 1. The molecular weight excluding hydrogens is 608 g/mol. The van der Waals surface area contributed by atoms with E-state index in [-0.39, 0.29) is 18.0 Å². The van der Waals surface area contributed by atoms with E-state index in [4.69, 9.17) is 21.5 Å². The number of nitrogens with zero attached hydrogens (tertiary/aromatic N) is 4. The van der Waals surface area contributed by atoms with Crippen LogP contribution in [0.15, 0.2) is 41.3 Å². The molecule has 12 nitrogen and oxygen atoms in total. The zero-order valence-electron chi connectivity index (χ0n) is 22.5. The second-order valence-electron chi connectivity index (χ2n) is 9.43. The summed E-state index contributed by atoms with van der Waals surface area (Å²) in [6, 6.07) is 6.61. The van der Waals surface area contributed by atoms with Crippen LogP contribution in [0.1, 0.15) is 0 Å². The van der Waals surface area contributed by atoms with E-state index in [0.717, 1.165) is 17.4 Å². The molecule has 1 amide bonds. The smallest absolute Gasteiger partial charge is 0.258 e. The van der Waals surface area contributed by atoms with Gasteiger partial charge in [0.2, 0.25) is 20.0 Å². The number of sulfonamides is 2. The molecule has 0 unspecified atom stereocenters. The predicted molar refractivity (Wildman–Crippen MR) is 147 cm³/mol. The summed E-state index contributed by atoms with van der Waals surface area (Å²) in [5, 5.41) is 9.30. The molecule has 0 atom stereocenters. The molecule has 0 spiro atoms. The van der Waals surface area contributed by atoms with E-state index in [1.54, 1.807) is 0 Å². The molecule has 0 bridgehead atoms. The summed E-state index contributed by atoms with van der Waals surface area (Å²) < 4.78 is 88.6. The number of likely N-dealkylation sites (N-methyl/N-ethyl adjacent to an activating group) is 2. The van der Waals surface area contributed by atoms with Crippen molar-refractivity contribution in [3.05, 3.63) is 53.1 Å². The Labute approximate surface area is 243 Å². The number of ether oxygens (including phenoxy) is 1. The topological polar surface area (TPSA) is 140 Å². The summed E-state index contributed by atoms with van der Waals surface area (Å²) in [5.41, 5.74) is 1.30. The van der Waals surface area contributed by atoms with Crippen LogP contribution in [0, 0.1) is 11.6 Å². The summed E-state index contributed by atoms with van der Waals surface area (Å²) >= 11 is 5.79. The van der Waals surface area contributed by atoms with E-state index in [1.807, 2.05) is 11.9 Å². The molecule has 0 radical (unpaired) electrons. The van der Waals surface area contributed by atoms with Crippen molar-refractivity contribution in [3.63, 3.8) is 0 Å². The minimum Gasteiger partial charge on any atom is -0.451 e. The van der Waals surface area contributed by atoms with Gasteiger partial charge in [0, 0.05) is 57.9 Å². The van der Waals surface area contributed by atoms with Crippen molar-refractivity contribution in [1.29, 1.82) is 0 Å². The van der Waals surface area contributed by atoms with E-state index in [9.17, 15) is 30.4 Å². The van der Waals surface area contributed by atoms with Crippen molar-refractivity contribution in [2.24, 2.45) is 0 Å². The van der Waals surface area contributed by atoms with Gasteiger partial charge in [0.15, 0.2) is 17.4 Å². The Morgan fingerprint density at radius 3 is 2.20 bits per heavy atom. The molecule has 17 heteroatoms.